The monoisotopic (exact) mass is 464 g/mol. The van der Waals surface area contributed by atoms with Crippen molar-refractivity contribution in [2.75, 3.05) is 5.75 Å². The van der Waals surface area contributed by atoms with E-state index in [0.717, 1.165) is 18.2 Å². The smallest absolute Gasteiger partial charge is 0.331 e. The highest BCUT2D eigenvalue weighted by atomic mass is 35.5. The van der Waals surface area contributed by atoms with Gasteiger partial charge in [0.25, 0.3) is 0 Å². The largest absolute Gasteiger partial charge is 0.400 e. The molecule has 1 aromatic heterocycles. The van der Waals surface area contributed by atoms with Crippen molar-refractivity contribution in [1.82, 2.24) is 10.1 Å². The molecule has 0 radical (unpaired) electrons. The lowest BCUT2D eigenvalue weighted by Crippen LogP contribution is -2.17. The first kappa shape index (κ1) is 21.3. The number of alkyl halides is 3. The first-order valence-electron chi connectivity index (χ1n) is 7.70. The molecule has 152 valence electrons. The van der Waals surface area contributed by atoms with E-state index in [1.165, 1.54) is 24.3 Å². The van der Waals surface area contributed by atoms with Gasteiger partial charge < -0.3 is 4.52 Å². The number of rotatable bonds is 6. The third-order valence-electron chi connectivity index (χ3n) is 3.68. The van der Waals surface area contributed by atoms with Crippen LogP contribution in [-0.2, 0) is 15.2 Å². The van der Waals surface area contributed by atoms with Crippen LogP contribution in [-0.4, -0.2) is 30.1 Å². The van der Waals surface area contributed by atoms with E-state index in [9.17, 15) is 26.4 Å². The molecule has 0 aliphatic carbocycles. The number of hydrogen-bond donors (Lipinski definition) is 0. The Balaban J connectivity index is 1.79. The molecule has 0 bridgehead atoms. The van der Waals surface area contributed by atoms with Gasteiger partial charge in [-0.2, -0.15) is 13.8 Å². The van der Waals surface area contributed by atoms with Crippen LogP contribution >= 0.6 is 23.2 Å². The van der Waals surface area contributed by atoms with Crippen molar-refractivity contribution in [2.45, 2.75) is 10.3 Å². The molecule has 3 rings (SSSR count). The molecule has 0 saturated carbocycles. The molecule has 0 aliphatic heterocycles. The van der Waals surface area contributed by atoms with Gasteiger partial charge >= 0.3 is 11.3 Å². The van der Waals surface area contributed by atoms with E-state index in [0.29, 0.717) is 0 Å². The van der Waals surface area contributed by atoms with Crippen molar-refractivity contribution < 1.29 is 30.9 Å². The molecule has 2 aromatic carbocycles. The van der Waals surface area contributed by atoms with Gasteiger partial charge in [0.1, 0.15) is 11.6 Å². The highest BCUT2D eigenvalue weighted by molar-refractivity contribution is 7.92. The topological polar surface area (TPSA) is 90.1 Å². The highest BCUT2D eigenvalue weighted by Gasteiger charge is 2.35. The van der Waals surface area contributed by atoms with Crippen molar-refractivity contribution in [3.8, 4) is 11.4 Å². The second-order valence-corrected chi connectivity index (χ2v) is 8.60. The Labute approximate surface area is 172 Å². The van der Waals surface area contributed by atoms with Gasteiger partial charge in [0.2, 0.25) is 5.82 Å². The van der Waals surface area contributed by atoms with Crippen LogP contribution in [0, 0.1) is 5.82 Å². The molecule has 29 heavy (non-hydrogen) atoms. The van der Waals surface area contributed by atoms with Crippen LogP contribution < -0.4 is 0 Å². The molecule has 0 spiro atoms. The van der Waals surface area contributed by atoms with E-state index < -0.39 is 38.5 Å². The predicted molar refractivity (Wildman–Crippen MR) is 97.3 cm³/mol. The maximum atomic E-state index is 13.1. The zero-order chi connectivity index (χ0) is 21.4. The number of benzene rings is 2. The van der Waals surface area contributed by atoms with Crippen molar-refractivity contribution in [3.05, 3.63) is 64.8 Å². The average molecular weight is 465 g/mol. The average Bonchev–Trinajstić information content (AvgIpc) is 3.11. The lowest BCUT2D eigenvalue weighted by atomic mass is 10.1. The van der Waals surface area contributed by atoms with E-state index in [4.69, 9.17) is 23.2 Å². The van der Waals surface area contributed by atoms with Crippen LogP contribution in [0.25, 0.3) is 11.4 Å². The fraction of sp³-hybridized carbons (Fsp3) is 0.118. The van der Waals surface area contributed by atoms with Gasteiger partial charge in [-0.3, -0.25) is 4.79 Å². The van der Waals surface area contributed by atoms with Crippen LogP contribution in [0.1, 0.15) is 16.2 Å². The number of halogens is 5. The maximum Gasteiger partial charge on any atom is 0.400 e. The third kappa shape index (κ3) is 4.77. The standard InChI is InChI=1S/C17H9Cl2F3N2O4S/c18-12-7-11(20)5-6-14(12)29(26,27)8-13(25)9-1-3-10(4-2-9)15-23-16(28-24-15)17(19,21)22/h1-7H,8H2. The van der Waals surface area contributed by atoms with Gasteiger partial charge in [0.05, 0.1) is 9.92 Å². The summed E-state index contributed by atoms with van der Waals surface area (Å²) in [5.74, 6) is -3.64. The molecule has 0 unspecified atom stereocenters. The van der Waals surface area contributed by atoms with Crippen molar-refractivity contribution >= 4 is 38.8 Å². The van der Waals surface area contributed by atoms with Crippen LogP contribution in [0.2, 0.25) is 5.02 Å². The fourth-order valence-corrected chi connectivity index (χ4v) is 4.22. The molecule has 0 atom stereocenters. The normalized spacial score (nSPS) is 12.2. The molecular weight excluding hydrogens is 456 g/mol. The molecule has 0 saturated heterocycles. The minimum Gasteiger partial charge on any atom is -0.331 e. The third-order valence-corrected chi connectivity index (χ3v) is 5.94. The van der Waals surface area contributed by atoms with E-state index >= 15 is 0 Å². The van der Waals surface area contributed by atoms with E-state index in [2.05, 4.69) is 14.7 Å². The molecule has 0 fully saturated rings. The summed E-state index contributed by atoms with van der Waals surface area (Å²) in [7, 11) is -4.12. The maximum absolute atomic E-state index is 13.1. The fourth-order valence-electron chi connectivity index (χ4n) is 2.32. The number of Topliss-reactive ketones (excluding diaryl/α,β-unsaturated/α-hetero) is 1. The van der Waals surface area contributed by atoms with Crippen molar-refractivity contribution in [1.29, 1.82) is 0 Å². The Bertz CT molecular complexity index is 1180. The summed E-state index contributed by atoms with van der Waals surface area (Å²) in [4.78, 5) is 15.4. The van der Waals surface area contributed by atoms with Gasteiger partial charge in [0.15, 0.2) is 15.6 Å². The number of ketones is 1. The predicted octanol–water partition coefficient (Wildman–Crippen LogP) is 4.47. The summed E-state index contributed by atoms with van der Waals surface area (Å²) >= 11 is 10.5. The zero-order valence-corrected chi connectivity index (χ0v) is 16.4. The second kappa shape index (κ2) is 7.77. The molecule has 6 nitrogen and oxygen atoms in total. The minimum absolute atomic E-state index is 0.0296. The molecule has 0 amide bonds. The molecule has 1 heterocycles. The van der Waals surface area contributed by atoms with Crippen LogP contribution in [0.15, 0.2) is 51.9 Å². The second-order valence-electron chi connectivity index (χ2n) is 5.76. The Morgan fingerprint density at radius 3 is 2.34 bits per heavy atom. The SMILES string of the molecule is O=C(CS(=O)(=O)c1ccc(F)cc1Cl)c1ccc(-c2noc(C(F)(F)Cl)n2)cc1. The first-order valence-corrected chi connectivity index (χ1v) is 10.1. The Morgan fingerprint density at radius 1 is 1.14 bits per heavy atom. The van der Waals surface area contributed by atoms with Crippen LogP contribution in [0.3, 0.4) is 0 Å². The molecule has 0 N–H and O–H groups in total. The van der Waals surface area contributed by atoms with E-state index in [-0.39, 0.29) is 26.9 Å². The van der Waals surface area contributed by atoms with Gasteiger partial charge in [-0.15, -0.1) is 0 Å². The highest BCUT2D eigenvalue weighted by Crippen LogP contribution is 2.32. The summed E-state index contributed by atoms with van der Waals surface area (Å²) in [6.07, 6.45) is 0. The molecule has 3 aromatic rings. The first-order chi connectivity index (χ1) is 13.5. The lowest BCUT2D eigenvalue weighted by molar-refractivity contribution is 0.0551. The molecule has 12 heteroatoms. The van der Waals surface area contributed by atoms with E-state index in [1.54, 1.807) is 0 Å². The van der Waals surface area contributed by atoms with Crippen LogP contribution in [0.4, 0.5) is 13.2 Å². The van der Waals surface area contributed by atoms with E-state index in [1.807, 2.05) is 0 Å². The van der Waals surface area contributed by atoms with Gasteiger partial charge in [-0.25, -0.2) is 12.8 Å². The van der Waals surface area contributed by atoms with Crippen LogP contribution in [0.5, 0.6) is 0 Å². The van der Waals surface area contributed by atoms with Crippen molar-refractivity contribution in [3.63, 3.8) is 0 Å². The Hall–Kier alpha value is -2.43. The number of carbonyl (C=O) groups is 1. The summed E-state index contributed by atoms with van der Waals surface area (Å²) in [5, 5.41) is -0.792. The minimum atomic E-state index is -4.12. The molecule has 0 aliphatic rings. The van der Waals surface area contributed by atoms with Gasteiger partial charge in [-0.05, 0) is 29.8 Å². The summed E-state index contributed by atoms with van der Waals surface area (Å²) in [6, 6.07) is 7.92. The lowest BCUT2D eigenvalue weighted by Gasteiger charge is -2.06. The number of nitrogens with zero attached hydrogens (tertiary/aromatic N) is 2. The Kier molecular flexibility index (Phi) is 5.70. The number of sulfone groups is 1. The van der Waals surface area contributed by atoms with Gasteiger partial charge in [0, 0.05) is 11.1 Å². The number of aromatic nitrogens is 2. The number of carbonyl (C=O) groups excluding carboxylic acids is 1. The van der Waals surface area contributed by atoms with Crippen molar-refractivity contribution in [2.24, 2.45) is 0 Å². The number of hydrogen-bond acceptors (Lipinski definition) is 6. The quantitative estimate of drug-likeness (QED) is 0.303. The summed E-state index contributed by atoms with van der Waals surface area (Å²) in [6.45, 7) is 0. The zero-order valence-electron chi connectivity index (χ0n) is 14.1. The molecular formula is C17H9Cl2F3N2O4S. The van der Waals surface area contributed by atoms with Gasteiger partial charge in [-0.1, -0.05) is 41.0 Å². The summed E-state index contributed by atoms with van der Waals surface area (Å²) < 4.78 is 68.1. The summed E-state index contributed by atoms with van der Waals surface area (Å²) in [5.41, 5.74) is 0.267. The Morgan fingerprint density at radius 2 is 1.79 bits per heavy atom.